The molecule has 0 unspecified atom stereocenters. The number of imide groups is 1. The third kappa shape index (κ3) is 4.57. The van der Waals surface area contributed by atoms with E-state index in [4.69, 9.17) is 4.74 Å². The van der Waals surface area contributed by atoms with Crippen LogP contribution in [0.2, 0.25) is 0 Å². The summed E-state index contributed by atoms with van der Waals surface area (Å²) in [5, 5.41) is 10.3. The zero-order valence-electron chi connectivity index (χ0n) is 19.9. The molecule has 33 heavy (non-hydrogen) atoms. The Bertz CT molecular complexity index is 1010. The molecule has 1 N–H and O–H groups in total. The molecule has 0 bridgehead atoms. The van der Waals surface area contributed by atoms with E-state index in [9.17, 15) is 14.7 Å². The summed E-state index contributed by atoms with van der Waals surface area (Å²) in [7, 11) is 1.62. The van der Waals surface area contributed by atoms with E-state index in [1.54, 1.807) is 13.1 Å². The monoisotopic (exact) mass is 515 g/mol. The first kappa shape index (κ1) is 24.2. The fourth-order valence-corrected chi connectivity index (χ4v) is 6.26. The molecule has 0 spiro atoms. The Labute approximate surface area is 205 Å². The first-order valence-electron chi connectivity index (χ1n) is 12.1. The number of amides is 2. The summed E-state index contributed by atoms with van der Waals surface area (Å²) < 4.78 is 7.24. The van der Waals surface area contributed by atoms with Crippen LogP contribution in [0.15, 0.2) is 39.4 Å². The number of halogens is 1. The molecule has 1 aliphatic carbocycles. The summed E-state index contributed by atoms with van der Waals surface area (Å²) in [5.41, 5.74) is 4.69. The maximum absolute atomic E-state index is 12.9. The first-order chi connectivity index (χ1) is 15.7. The van der Waals surface area contributed by atoms with Crippen molar-refractivity contribution in [3.05, 3.63) is 45.0 Å². The SMILES string of the molecule is CCC/C(=C\c1cc(Br)ccc1O)CC[C@H]1OC[C@H]2C1=C(C(C)C)C[C@H]1C(=O)N(C)C(=O)[C@H]12. The average molecular weight is 516 g/mol. The smallest absolute Gasteiger partial charge is 0.233 e. The Balaban J connectivity index is 1.58. The summed E-state index contributed by atoms with van der Waals surface area (Å²) in [6.07, 6.45) is 6.46. The van der Waals surface area contributed by atoms with Crippen LogP contribution in [-0.4, -0.2) is 41.6 Å². The zero-order valence-corrected chi connectivity index (χ0v) is 21.5. The van der Waals surface area contributed by atoms with Crippen molar-refractivity contribution in [2.45, 2.75) is 59.0 Å². The highest BCUT2D eigenvalue weighted by Gasteiger charge is 2.56. The Hall–Kier alpha value is -1.92. The number of aromatic hydroxyl groups is 1. The van der Waals surface area contributed by atoms with Gasteiger partial charge in [0.1, 0.15) is 5.75 Å². The number of hydrogen-bond acceptors (Lipinski definition) is 4. The number of fused-ring (bicyclic) bond motifs is 3. The van der Waals surface area contributed by atoms with Gasteiger partial charge in [0, 0.05) is 23.0 Å². The number of phenols is 1. The second-order valence-electron chi connectivity index (χ2n) is 9.93. The number of allylic oxidation sites excluding steroid dienone is 2. The summed E-state index contributed by atoms with van der Waals surface area (Å²) in [6.45, 7) is 7.04. The van der Waals surface area contributed by atoms with E-state index in [0.717, 1.165) is 35.7 Å². The van der Waals surface area contributed by atoms with Crippen molar-refractivity contribution >= 4 is 33.8 Å². The van der Waals surface area contributed by atoms with Crippen LogP contribution in [0.5, 0.6) is 5.75 Å². The van der Waals surface area contributed by atoms with Crippen LogP contribution in [0.25, 0.3) is 6.08 Å². The zero-order chi connectivity index (χ0) is 23.9. The second-order valence-corrected chi connectivity index (χ2v) is 10.8. The Kier molecular flexibility index (Phi) is 7.15. The third-order valence-corrected chi connectivity index (χ3v) is 8.00. The highest BCUT2D eigenvalue weighted by molar-refractivity contribution is 9.10. The van der Waals surface area contributed by atoms with Crippen LogP contribution in [0.4, 0.5) is 0 Å². The summed E-state index contributed by atoms with van der Waals surface area (Å²) in [6, 6.07) is 5.48. The largest absolute Gasteiger partial charge is 0.507 e. The van der Waals surface area contributed by atoms with E-state index in [0.29, 0.717) is 18.9 Å². The molecule has 6 heteroatoms. The molecule has 1 aromatic carbocycles. The quantitative estimate of drug-likeness (QED) is 0.372. The Morgan fingerprint density at radius 3 is 2.70 bits per heavy atom. The van der Waals surface area contributed by atoms with Crippen LogP contribution in [0.3, 0.4) is 0 Å². The molecule has 0 aromatic heterocycles. The average Bonchev–Trinajstić information content (AvgIpc) is 3.29. The van der Waals surface area contributed by atoms with Gasteiger partial charge in [0.25, 0.3) is 0 Å². The summed E-state index contributed by atoms with van der Waals surface area (Å²) >= 11 is 3.49. The van der Waals surface area contributed by atoms with Gasteiger partial charge in [0.05, 0.1) is 24.5 Å². The lowest BCUT2D eigenvalue weighted by Crippen LogP contribution is -2.34. The molecule has 2 amide bonds. The maximum Gasteiger partial charge on any atom is 0.233 e. The van der Waals surface area contributed by atoms with E-state index < -0.39 is 0 Å². The molecule has 1 aromatic rings. The first-order valence-corrected chi connectivity index (χ1v) is 12.9. The van der Waals surface area contributed by atoms with Gasteiger partial charge in [-0.3, -0.25) is 14.5 Å². The van der Waals surface area contributed by atoms with Gasteiger partial charge in [-0.15, -0.1) is 0 Å². The number of benzene rings is 1. The summed E-state index contributed by atoms with van der Waals surface area (Å²) in [4.78, 5) is 26.9. The Morgan fingerprint density at radius 1 is 1.24 bits per heavy atom. The molecular formula is C27H34BrNO4. The van der Waals surface area contributed by atoms with Crippen LogP contribution in [0.1, 0.15) is 58.4 Å². The van der Waals surface area contributed by atoms with Crippen molar-refractivity contribution in [2.75, 3.05) is 13.7 Å². The highest BCUT2D eigenvalue weighted by atomic mass is 79.9. The molecule has 2 heterocycles. The van der Waals surface area contributed by atoms with Gasteiger partial charge < -0.3 is 9.84 Å². The van der Waals surface area contributed by atoms with Gasteiger partial charge in [0.2, 0.25) is 11.8 Å². The number of phenolic OH excluding ortho intramolecular Hbond substituents is 1. The number of carbonyl (C=O) groups is 2. The molecule has 4 rings (SSSR count). The predicted molar refractivity (Wildman–Crippen MR) is 132 cm³/mol. The molecule has 2 aliphatic heterocycles. The topological polar surface area (TPSA) is 66.8 Å². The van der Waals surface area contributed by atoms with Crippen molar-refractivity contribution in [1.82, 2.24) is 4.90 Å². The van der Waals surface area contributed by atoms with Crippen molar-refractivity contribution in [3.8, 4) is 5.75 Å². The van der Waals surface area contributed by atoms with Crippen LogP contribution < -0.4 is 0 Å². The van der Waals surface area contributed by atoms with E-state index in [1.807, 2.05) is 12.1 Å². The van der Waals surface area contributed by atoms with E-state index >= 15 is 0 Å². The fourth-order valence-electron chi connectivity index (χ4n) is 5.88. The van der Waals surface area contributed by atoms with Crippen LogP contribution >= 0.6 is 15.9 Å². The lowest BCUT2D eigenvalue weighted by molar-refractivity contribution is -0.138. The highest BCUT2D eigenvalue weighted by Crippen LogP contribution is 2.51. The van der Waals surface area contributed by atoms with Gasteiger partial charge in [0.15, 0.2) is 0 Å². The molecule has 2 fully saturated rings. The van der Waals surface area contributed by atoms with Crippen molar-refractivity contribution in [3.63, 3.8) is 0 Å². The third-order valence-electron chi connectivity index (χ3n) is 7.51. The molecule has 4 atom stereocenters. The fraction of sp³-hybridized carbons (Fsp3) is 0.556. The van der Waals surface area contributed by atoms with Gasteiger partial charge in [-0.25, -0.2) is 0 Å². The van der Waals surface area contributed by atoms with Crippen molar-refractivity contribution in [1.29, 1.82) is 0 Å². The molecular weight excluding hydrogens is 482 g/mol. The number of likely N-dealkylation sites (tertiary alicyclic amines) is 1. The number of ether oxygens (including phenoxy) is 1. The number of hydrogen-bond donors (Lipinski definition) is 1. The lowest BCUT2D eigenvalue weighted by Gasteiger charge is -2.33. The van der Waals surface area contributed by atoms with E-state index in [1.165, 1.54) is 21.6 Å². The van der Waals surface area contributed by atoms with Crippen LogP contribution in [-0.2, 0) is 14.3 Å². The number of nitrogens with zero attached hydrogens (tertiary/aromatic N) is 1. The second kappa shape index (κ2) is 9.75. The van der Waals surface area contributed by atoms with Crippen molar-refractivity contribution in [2.24, 2.45) is 23.7 Å². The minimum absolute atomic E-state index is 0.0141. The number of carbonyl (C=O) groups excluding carboxylic acids is 2. The van der Waals surface area contributed by atoms with E-state index in [2.05, 4.69) is 42.8 Å². The standard InChI is InChI=1S/C27H34BrNO4/c1-5-6-16(11-17-12-18(28)8-9-22(17)30)7-10-23-24-19(15(2)3)13-20-25(21(24)14-33-23)27(32)29(4)26(20)31/h8-9,11-12,15,20-21,23,25,30H,5-7,10,13-14H2,1-4H3/b16-11+/t20-,21+,23-,25-/m1/s1. The molecule has 0 radical (unpaired) electrons. The summed E-state index contributed by atoms with van der Waals surface area (Å²) in [5.74, 6) is 0.0378. The normalized spacial score (nSPS) is 27.6. The van der Waals surface area contributed by atoms with Gasteiger partial charge in [-0.2, -0.15) is 0 Å². The molecule has 178 valence electrons. The van der Waals surface area contributed by atoms with Crippen molar-refractivity contribution < 1.29 is 19.4 Å². The van der Waals surface area contributed by atoms with Gasteiger partial charge in [-0.1, -0.05) is 60.3 Å². The Morgan fingerprint density at radius 2 is 2.00 bits per heavy atom. The predicted octanol–water partition coefficient (Wildman–Crippen LogP) is 5.72. The maximum atomic E-state index is 12.9. The number of rotatable bonds is 7. The molecule has 5 nitrogen and oxygen atoms in total. The molecule has 2 saturated heterocycles. The van der Waals surface area contributed by atoms with E-state index in [-0.39, 0.29) is 41.4 Å². The molecule has 3 aliphatic rings. The minimum atomic E-state index is -0.269. The van der Waals surface area contributed by atoms with Crippen LogP contribution in [0, 0.1) is 23.7 Å². The van der Waals surface area contributed by atoms with Gasteiger partial charge in [-0.05, 0) is 55.4 Å². The van der Waals surface area contributed by atoms with Gasteiger partial charge >= 0.3 is 0 Å². The minimum Gasteiger partial charge on any atom is -0.507 e. The molecule has 0 saturated carbocycles. The lowest BCUT2D eigenvalue weighted by atomic mass is 9.67.